The molecule has 0 aliphatic rings. The van der Waals surface area contributed by atoms with Gasteiger partial charge in [0.2, 0.25) is 0 Å². The Hall–Kier alpha value is 0.270. The van der Waals surface area contributed by atoms with Gasteiger partial charge in [0.05, 0.1) is 12.2 Å². The van der Waals surface area contributed by atoms with Gasteiger partial charge in [-0.05, 0) is 13.8 Å². The van der Waals surface area contributed by atoms with Gasteiger partial charge in [0.1, 0.15) is 0 Å². The van der Waals surface area contributed by atoms with Gasteiger partial charge in [-0.15, -0.1) is 0 Å². The fourth-order valence-electron chi connectivity index (χ4n) is 0.381. The maximum atomic E-state index is 5.33. The molecule has 0 heterocycles. The Morgan fingerprint density at radius 1 is 1.56 bits per heavy atom. The Kier molecular flexibility index (Phi) is 4.27. The molecular formula is C6H15NOS. The van der Waals surface area contributed by atoms with Crippen molar-refractivity contribution >= 4 is 12.6 Å². The number of nitrogens with two attached hydrogens (primary N) is 1. The van der Waals surface area contributed by atoms with Crippen LogP contribution >= 0.6 is 12.6 Å². The van der Waals surface area contributed by atoms with Crippen LogP contribution in [0.5, 0.6) is 0 Å². The molecule has 2 nitrogen and oxygen atoms in total. The third-order valence-corrected chi connectivity index (χ3v) is 1.75. The van der Waals surface area contributed by atoms with E-state index in [1.165, 1.54) is 0 Å². The fraction of sp³-hybridized carbons (Fsp3) is 1.00. The molecule has 0 rings (SSSR count). The largest absolute Gasteiger partial charge is 0.373 e. The van der Waals surface area contributed by atoms with Crippen LogP contribution < -0.4 is 5.73 Å². The second-order valence-corrected chi connectivity index (χ2v) is 2.87. The number of hydrogen-bond acceptors (Lipinski definition) is 3. The van der Waals surface area contributed by atoms with Crippen molar-refractivity contribution in [2.24, 2.45) is 5.73 Å². The van der Waals surface area contributed by atoms with Gasteiger partial charge in [-0.3, -0.25) is 0 Å². The van der Waals surface area contributed by atoms with Crippen LogP contribution in [-0.4, -0.2) is 24.5 Å². The maximum Gasteiger partial charge on any atom is 0.0714 e. The Balaban J connectivity index is 3.33. The fourth-order valence-corrected chi connectivity index (χ4v) is 0.472. The van der Waals surface area contributed by atoms with E-state index in [4.69, 9.17) is 10.5 Å². The van der Waals surface area contributed by atoms with Crippen molar-refractivity contribution in [3.8, 4) is 0 Å². The van der Waals surface area contributed by atoms with Gasteiger partial charge in [0.25, 0.3) is 0 Å². The topological polar surface area (TPSA) is 35.2 Å². The van der Waals surface area contributed by atoms with E-state index in [1.807, 2.05) is 13.8 Å². The van der Waals surface area contributed by atoms with Crippen molar-refractivity contribution < 1.29 is 4.74 Å². The van der Waals surface area contributed by atoms with E-state index in [-0.39, 0.29) is 5.60 Å². The lowest BCUT2D eigenvalue weighted by Crippen LogP contribution is -2.29. The average molecular weight is 149 g/mol. The summed E-state index contributed by atoms with van der Waals surface area (Å²) in [5.41, 5.74) is 5.12. The van der Waals surface area contributed by atoms with E-state index < -0.39 is 0 Å². The quantitative estimate of drug-likeness (QED) is 0.576. The molecule has 0 unspecified atom stereocenters. The van der Waals surface area contributed by atoms with Crippen molar-refractivity contribution in [2.45, 2.75) is 19.4 Å². The molecular weight excluding hydrogens is 134 g/mol. The molecule has 0 spiro atoms. The lowest BCUT2D eigenvalue weighted by Gasteiger charge is -2.22. The molecule has 0 atom stereocenters. The van der Waals surface area contributed by atoms with Crippen LogP contribution in [0.15, 0.2) is 0 Å². The molecule has 0 aromatic rings. The first-order valence-electron chi connectivity index (χ1n) is 3.07. The van der Waals surface area contributed by atoms with Crippen molar-refractivity contribution in [1.82, 2.24) is 0 Å². The molecule has 0 saturated carbocycles. The summed E-state index contributed by atoms with van der Waals surface area (Å²) in [6, 6.07) is 0. The molecule has 9 heavy (non-hydrogen) atoms. The minimum atomic E-state index is -0.123. The SMILES string of the molecule is CC(C)(CS)OCCN. The number of ether oxygens (including phenoxy) is 1. The van der Waals surface area contributed by atoms with Gasteiger partial charge in [-0.25, -0.2) is 0 Å². The first-order valence-corrected chi connectivity index (χ1v) is 3.70. The van der Waals surface area contributed by atoms with Gasteiger partial charge in [-0.1, -0.05) is 0 Å². The Morgan fingerprint density at radius 3 is 2.44 bits per heavy atom. The Bertz CT molecular complexity index is 75.5. The van der Waals surface area contributed by atoms with E-state index in [2.05, 4.69) is 12.6 Å². The summed E-state index contributed by atoms with van der Waals surface area (Å²) in [5, 5.41) is 0. The summed E-state index contributed by atoms with van der Waals surface area (Å²) in [5.74, 6) is 0.729. The predicted octanol–water partition coefficient (Wildman–Crippen LogP) is 0.670. The normalized spacial score (nSPS) is 12.0. The second-order valence-electron chi connectivity index (χ2n) is 2.55. The highest BCUT2D eigenvalue weighted by atomic mass is 32.1. The molecule has 0 radical (unpaired) electrons. The standard InChI is InChI=1S/C6H15NOS/c1-6(2,5-9)8-4-3-7/h9H,3-5,7H2,1-2H3. The molecule has 3 heteroatoms. The van der Waals surface area contributed by atoms with Crippen LogP contribution in [0.4, 0.5) is 0 Å². The van der Waals surface area contributed by atoms with Crippen LogP contribution in [-0.2, 0) is 4.74 Å². The summed E-state index contributed by atoms with van der Waals surface area (Å²) in [6.45, 7) is 5.19. The summed E-state index contributed by atoms with van der Waals surface area (Å²) >= 11 is 4.11. The Labute approximate surface area is 62.2 Å². The zero-order chi connectivity index (χ0) is 7.33. The third kappa shape index (κ3) is 4.75. The molecule has 0 aromatic heterocycles. The zero-order valence-corrected chi connectivity index (χ0v) is 6.95. The van der Waals surface area contributed by atoms with E-state index >= 15 is 0 Å². The van der Waals surface area contributed by atoms with Gasteiger partial charge < -0.3 is 10.5 Å². The number of rotatable bonds is 4. The highest BCUT2D eigenvalue weighted by Gasteiger charge is 2.14. The van der Waals surface area contributed by atoms with E-state index in [0.717, 1.165) is 5.75 Å². The maximum absolute atomic E-state index is 5.33. The van der Waals surface area contributed by atoms with E-state index in [1.54, 1.807) is 0 Å². The van der Waals surface area contributed by atoms with Gasteiger partial charge >= 0.3 is 0 Å². The van der Waals surface area contributed by atoms with Crippen molar-refractivity contribution in [1.29, 1.82) is 0 Å². The van der Waals surface area contributed by atoms with Crippen molar-refractivity contribution in [2.75, 3.05) is 18.9 Å². The van der Waals surface area contributed by atoms with Crippen LogP contribution in [0.3, 0.4) is 0 Å². The van der Waals surface area contributed by atoms with Crippen LogP contribution in [0, 0.1) is 0 Å². The first-order chi connectivity index (χ1) is 4.12. The molecule has 2 N–H and O–H groups in total. The molecule has 0 aromatic carbocycles. The number of thiol groups is 1. The van der Waals surface area contributed by atoms with Crippen LogP contribution in [0.1, 0.15) is 13.8 Å². The highest BCUT2D eigenvalue weighted by molar-refractivity contribution is 7.80. The zero-order valence-electron chi connectivity index (χ0n) is 6.05. The Morgan fingerprint density at radius 2 is 2.11 bits per heavy atom. The lowest BCUT2D eigenvalue weighted by molar-refractivity contribution is 0.00605. The van der Waals surface area contributed by atoms with E-state index in [9.17, 15) is 0 Å². The minimum absolute atomic E-state index is 0.123. The van der Waals surface area contributed by atoms with E-state index in [0.29, 0.717) is 13.2 Å². The number of hydrogen-bond donors (Lipinski definition) is 2. The lowest BCUT2D eigenvalue weighted by atomic mass is 10.2. The van der Waals surface area contributed by atoms with Crippen LogP contribution in [0.25, 0.3) is 0 Å². The molecule has 0 bridgehead atoms. The average Bonchev–Trinajstić information content (AvgIpc) is 1.84. The van der Waals surface area contributed by atoms with Gasteiger partial charge in [0, 0.05) is 12.3 Å². The smallest absolute Gasteiger partial charge is 0.0714 e. The van der Waals surface area contributed by atoms with Gasteiger partial charge in [-0.2, -0.15) is 12.6 Å². The molecule has 56 valence electrons. The molecule has 0 aliphatic heterocycles. The second kappa shape index (κ2) is 4.14. The van der Waals surface area contributed by atoms with Crippen molar-refractivity contribution in [3.05, 3.63) is 0 Å². The van der Waals surface area contributed by atoms with Crippen LogP contribution in [0.2, 0.25) is 0 Å². The van der Waals surface area contributed by atoms with Gasteiger partial charge in [0.15, 0.2) is 0 Å². The summed E-state index contributed by atoms with van der Waals surface area (Å²) in [4.78, 5) is 0. The molecule has 0 aliphatic carbocycles. The minimum Gasteiger partial charge on any atom is -0.373 e. The summed E-state index contributed by atoms with van der Waals surface area (Å²) in [7, 11) is 0. The summed E-state index contributed by atoms with van der Waals surface area (Å²) < 4.78 is 5.33. The highest BCUT2D eigenvalue weighted by Crippen LogP contribution is 2.09. The predicted molar refractivity (Wildman–Crippen MR) is 42.9 cm³/mol. The molecule has 0 fully saturated rings. The first kappa shape index (κ1) is 9.27. The monoisotopic (exact) mass is 149 g/mol. The summed E-state index contributed by atoms with van der Waals surface area (Å²) in [6.07, 6.45) is 0. The molecule has 0 saturated heterocycles. The third-order valence-electron chi connectivity index (χ3n) is 0.991. The van der Waals surface area contributed by atoms with Crippen molar-refractivity contribution in [3.63, 3.8) is 0 Å². The molecule has 0 amide bonds.